The fraction of sp³-hybridized carbons (Fsp3) is 0.600. The Morgan fingerprint density at radius 3 is 2.56 bits per heavy atom. The van der Waals surface area contributed by atoms with Gasteiger partial charge in [-0.05, 0) is 59.4 Å². The third kappa shape index (κ3) is 1.83. The minimum atomic E-state index is 0.265. The van der Waals surface area contributed by atoms with Crippen LogP contribution in [0.25, 0.3) is 0 Å². The molecule has 1 aromatic carbocycles. The molecule has 16 heavy (non-hydrogen) atoms. The van der Waals surface area contributed by atoms with Gasteiger partial charge in [-0.2, -0.15) is 0 Å². The number of rotatable bonds is 1. The van der Waals surface area contributed by atoms with Gasteiger partial charge in [0.2, 0.25) is 0 Å². The molecule has 0 radical (unpaired) electrons. The van der Waals surface area contributed by atoms with E-state index in [0.29, 0.717) is 11.7 Å². The van der Waals surface area contributed by atoms with Gasteiger partial charge in [-0.3, -0.25) is 0 Å². The Hall–Kier alpha value is -0.980. The molecule has 0 bridgehead atoms. The molecule has 1 aliphatic rings. The van der Waals surface area contributed by atoms with E-state index in [1.165, 1.54) is 29.5 Å². The molecule has 0 unspecified atom stereocenters. The van der Waals surface area contributed by atoms with E-state index in [9.17, 15) is 5.11 Å². The Bertz CT molecular complexity index is 402. The maximum Gasteiger partial charge on any atom is 0.116 e. The van der Waals surface area contributed by atoms with E-state index in [-0.39, 0.29) is 5.41 Å². The van der Waals surface area contributed by atoms with Crippen molar-refractivity contribution in [2.75, 3.05) is 0 Å². The summed E-state index contributed by atoms with van der Waals surface area (Å²) >= 11 is 0. The third-order valence-electron chi connectivity index (χ3n) is 3.78. The lowest BCUT2D eigenvalue weighted by Crippen LogP contribution is -2.26. The molecule has 1 N–H and O–H groups in total. The Morgan fingerprint density at radius 1 is 1.25 bits per heavy atom. The molecule has 0 heterocycles. The van der Waals surface area contributed by atoms with Gasteiger partial charge in [0.25, 0.3) is 0 Å². The molecule has 0 aliphatic heterocycles. The van der Waals surface area contributed by atoms with Crippen molar-refractivity contribution in [1.29, 1.82) is 0 Å². The van der Waals surface area contributed by atoms with Crippen LogP contribution >= 0.6 is 0 Å². The fourth-order valence-electron chi connectivity index (χ4n) is 3.03. The van der Waals surface area contributed by atoms with Crippen LogP contribution in [0.1, 0.15) is 63.1 Å². The van der Waals surface area contributed by atoms with Crippen molar-refractivity contribution in [2.24, 2.45) is 0 Å². The van der Waals surface area contributed by atoms with Gasteiger partial charge in [0, 0.05) is 0 Å². The number of fused-ring (bicyclic) bond motifs is 1. The number of phenolic OH excluding ortho intramolecular Hbond substituents is 1. The average molecular weight is 218 g/mol. The normalized spacial score (nSPS) is 18.6. The van der Waals surface area contributed by atoms with Crippen LogP contribution in [0.2, 0.25) is 0 Å². The lowest BCUT2D eigenvalue weighted by molar-refractivity contribution is 0.420. The van der Waals surface area contributed by atoms with Gasteiger partial charge in [-0.15, -0.1) is 0 Å². The van der Waals surface area contributed by atoms with E-state index in [2.05, 4.69) is 27.7 Å². The van der Waals surface area contributed by atoms with E-state index in [1.807, 2.05) is 12.1 Å². The number of phenols is 1. The lowest BCUT2D eigenvalue weighted by Gasteiger charge is -2.35. The molecule has 2 rings (SSSR count). The zero-order chi connectivity index (χ0) is 11.9. The summed E-state index contributed by atoms with van der Waals surface area (Å²) in [4.78, 5) is 0. The first-order valence-corrected chi connectivity index (χ1v) is 6.28. The van der Waals surface area contributed by atoms with Crippen LogP contribution < -0.4 is 0 Å². The average Bonchev–Trinajstić information content (AvgIpc) is 2.14. The Labute approximate surface area is 98.5 Å². The topological polar surface area (TPSA) is 20.2 Å². The molecule has 0 aromatic heterocycles. The first-order chi connectivity index (χ1) is 7.42. The summed E-state index contributed by atoms with van der Waals surface area (Å²) in [5.41, 5.74) is 4.45. The second-order valence-corrected chi connectivity index (χ2v) is 5.96. The van der Waals surface area contributed by atoms with E-state index in [0.717, 1.165) is 6.42 Å². The quantitative estimate of drug-likeness (QED) is 0.751. The zero-order valence-electron chi connectivity index (χ0n) is 10.8. The summed E-state index contributed by atoms with van der Waals surface area (Å²) in [6, 6.07) is 3.92. The van der Waals surface area contributed by atoms with E-state index >= 15 is 0 Å². The first-order valence-electron chi connectivity index (χ1n) is 6.28. The molecule has 1 aromatic rings. The highest BCUT2D eigenvalue weighted by molar-refractivity contribution is 5.48. The van der Waals surface area contributed by atoms with Crippen molar-refractivity contribution in [3.8, 4) is 5.75 Å². The highest BCUT2D eigenvalue weighted by Gasteiger charge is 2.30. The zero-order valence-corrected chi connectivity index (χ0v) is 10.8. The molecule has 1 heteroatoms. The number of hydrogen-bond donors (Lipinski definition) is 1. The molecule has 0 fully saturated rings. The summed E-state index contributed by atoms with van der Waals surface area (Å²) < 4.78 is 0. The van der Waals surface area contributed by atoms with Gasteiger partial charge < -0.3 is 5.11 Å². The summed E-state index contributed by atoms with van der Waals surface area (Å²) in [6.45, 7) is 9.07. The van der Waals surface area contributed by atoms with Gasteiger partial charge in [0.1, 0.15) is 5.75 Å². The molecule has 1 aliphatic carbocycles. The molecule has 1 nitrogen and oxygen atoms in total. The van der Waals surface area contributed by atoms with Gasteiger partial charge in [-0.1, -0.05) is 27.7 Å². The fourth-order valence-corrected chi connectivity index (χ4v) is 3.03. The minimum Gasteiger partial charge on any atom is -0.508 e. The lowest BCUT2D eigenvalue weighted by atomic mass is 9.69. The van der Waals surface area contributed by atoms with Crippen LogP contribution in [0.4, 0.5) is 0 Å². The van der Waals surface area contributed by atoms with Crippen LogP contribution in [0.3, 0.4) is 0 Å². The van der Waals surface area contributed by atoms with Crippen LogP contribution in [-0.2, 0) is 11.8 Å². The van der Waals surface area contributed by atoms with Crippen molar-refractivity contribution >= 4 is 0 Å². The number of benzene rings is 1. The van der Waals surface area contributed by atoms with Crippen molar-refractivity contribution in [3.63, 3.8) is 0 Å². The summed E-state index contributed by atoms with van der Waals surface area (Å²) in [7, 11) is 0. The SMILES string of the molecule is CC(C)c1cc(O)cc2c1C(C)(C)CCC2. The molecule has 88 valence electrons. The number of aryl methyl sites for hydroxylation is 1. The Balaban J connectivity index is 2.66. The summed E-state index contributed by atoms with van der Waals surface area (Å²) in [5.74, 6) is 0.915. The number of hydrogen-bond acceptors (Lipinski definition) is 1. The van der Waals surface area contributed by atoms with Gasteiger partial charge in [-0.25, -0.2) is 0 Å². The second-order valence-electron chi connectivity index (χ2n) is 5.96. The van der Waals surface area contributed by atoms with Gasteiger partial charge in [0.15, 0.2) is 0 Å². The smallest absolute Gasteiger partial charge is 0.116 e. The maximum absolute atomic E-state index is 9.79. The van der Waals surface area contributed by atoms with Gasteiger partial charge >= 0.3 is 0 Å². The van der Waals surface area contributed by atoms with Crippen molar-refractivity contribution < 1.29 is 5.11 Å². The summed E-state index contributed by atoms with van der Waals surface area (Å²) in [6.07, 6.45) is 3.61. The van der Waals surface area contributed by atoms with Crippen LogP contribution in [0, 0.1) is 0 Å². The van der Waals surface area contributed by atoms with E-state index in [1.54, 1.807) is 0 Å². The predicted molar refractivity (Wildman–Crippen MR) is 68.2 cm³/mol. The van der Waals surface area contributed by atoms with Crippen molar-refractivity contribution in [3.05, 3.63) is 28.8 Å². The molecular formula is C15H22O. The molecular weight excluding hydrogens is 196 g/mol. The first kappa shape index (κ1) is 11.5. The Morgan fingerprint density at radius 2 is 1.94 bits per heavy atom. The van der Waals surface area contributed by atoms with Crippen LogP contribution in [0.15, 0.2) is 12.1 Å². The predicted octanol–water partition coefficient (Wildman–Crippen LogP) is 4.13. The molecule has 0 atom stereocenters. The largest absolute Gasteiger partial charge is 0.508 e. The van der Waals surface area contributed by atoms with Gasteiger partial charge in [0.05, 0.1) is 0 Å². The molecule has 0 saturated heterocycles. The highest BCUT2D eigenvalue weighted by Crippen LogP contribution is 2.42. The standard InChI is InChI=1S/C15H22O/c1-10(2)13-9-12(16)8-11-6-5-7-15(3,4)14(11)13/h8-10,16H,5-7H2,1-4H3. The second kappa shape index (κ2) is 3.80. The molecule has 0 amide bonds. The van der Waals surface area contributed by atoms with E-state index in [4.69, 9.17) is 0 Å². The molecule has 0 saturated carbocycles. The van der Waals surface area contributed by atoms with Crippen LogP contribution in [-0.4, -0.2) is 5.11 Å². The van der Waals surface area contributed by atoms with Crippen LogP contribution in [0.5, 0.6) is 5.75 Å². The minimum absolute atomic E-state index is 0.265. The Kier molecular flexibility index (Phi) is 2.73. The highest BCUT2D eigenvalue weighted by atomic mass is 16.3. The van der Waals surface area contributed by atoms with Crippen molar-refractivity contribution in [2.45, 2.75) is 58.3 Å². The monoisotopic (exact) mass is 218 g/mol. The maximum atomic E-state index is 9.79. The van der Waals surface area contributed by atoms with E-state index < -0.39 is 0 Å². The summed E-state index contributed by atoms with van der Waals surface area (Å²) in [5, 5.41) is 9.79. The molecule has 0 spiro atoms. The van der Waals surface area contributed by atoms with Crippen molar-refractivity contribution in [1.82, 2.24) is 0 Å². The third-order valence-corrected chi connectivity index (χ3v) is 3.78. The number of aromatic hydroxyl groups is 1.